The minimum Gasteiger partial charge on any atom is -0.349 e. The molecule has 7 nitrogen and oxygen atoms in total. The summed E-state index contributed by atoms with van der Waals surface area (Å²) >= 11 is 0. The van der Waals surface area contributed by atoms with E-state index in [-0.39, 0.29) is 12.4 Å². The molecule has 2 saturated carbocycles. The third-order valence-corrected chi connectivity index (χ3v) is 7.86. The lowest BCUT2D eigenvalue weighted by Crippen LogP contribution is -2.68. The molecule has 5 rings (SSSR count). The van der Waals surface area contributed by atoms with Crippen LogP contribution in [0.5, 0.6) is 0 Å². The Bertz CT molecular complexity index is 511. The van der Waals surface area contributed by atoms with Gasteiger partial charge in [-0.15, -0.1) is 0 Å². The molecular weight excluding hydrogens is 342 g/mol. The minimum atomic E-state index is 0.155. The van der Waals surface area contributed by atoms with Crippen LogP contribution >= 0.6 is 0 Å². The Morgan fingerprint density at radius 3 is 2.48 bits per heavy atom. The maximum absolute atomic E-state index is 6.09. The molecule has 0 aromatic heterocycles. The normalized spacial score (nSPS) is 52.7. The third-order valence-electron chi connectivity index (χ3n) is 7.86. The monoisotopic (exact) mass is 379 g/mol. The summed E-state index contributed by atoms with van der Waals surface area (Å²) in [7, 11) is 2.03. The summed E-state index contributed by atoms with van der Waals surface area (Å²) in [6.07, 6.45) is 7.21. The number of hydrogen-bond donors (Lipinski definition) is 5. The highest BCUT2D eigenvalue weighted by Gasteiger charge is 2.49. The molecule has 0 aromatic rings. The summed E-state index contributed by atoms with van der Waals surface area (Å²) in [5.41, 5.74) is 0. The Morgan fingerprint density at radius 2 is 1.70 bits per heavy atom. The summed E-state index contributed by atoms with van der Waals surface area (Å²) in [6, 6.07) is 0.977. The van der Waals surface area contributed by atoms with Crippen LogP contribution < -0.4 is 26.6 Å². The number of rotatable bonds is 4. The van der Waals surface area contributed by atoms with Gasteiger partial charge in [-0.05, 0) is 82.8 Å². The first-order valence-corrected chi connectivity index (χ1v) is 11.1. The molecule has 5 aliphatic rings. The molecule has 8 unspecified atom stereocenters. The zero-order valence-corrected chi connectivity index (χ0v) is 16.7. The van der Waals surface area contributed by atoms with Crippen molar-refractivity contribution in [2.75, 3.05) is 26.9 Å². The lowest BCUT2D eigenvalue weighted by Gasteiger charge is -2.43. The highest BCUT2D eigenvalue weighted by Crippen LogP contribution is 2.48. The molecule has 0 aromatic carbocycles. The van der Waals surface area contributed by atoms with Gasteiger partial charge in [0.1, 0.15) is 13.1 Å². The van der Waals surface area contributed by atoms with Crippen molar-refractivity contribution in [3.05, 3.63) is 0 Å². The van der Waals surface area contributed by atoms with Crippen molar-refractivity contribution in [1.82, 2.24) is 26.6 Å². The van der Waals surface area contributed by atoms with Crippen LogP contribution in [0.15, 0.2) is 0 Å². The van der Waals surface area contributed by atoms with Crippen LogP contribution in [0.3, 0.4) is 0 Å². The van der Waals surface area contributed by atoms with Gasteiger partial charge in [-0.3, -0.25) is 16.0 Å². The molecule has 0 spiro atoms. The second-order valence-corrected chi connectivity index (χ2v) is 9.61. The maximum atomic E-state index is 6.09. The maximum Gasteiger partial charge on any atom is 0.147 e. The largest absolute Gasteiger partial charge is 0.349 e. The van der Waals surface area contributed by atoms with Crippen molar-refractivity contribution in [3.63, 3.8) is 0 Å². The van der Waals surface area contributed by atoms with Crippen LogP contribution in [0.25, 0.3) is 0 Å². The molecule has 0 radical (unpaired) electrons. The zero-order chi connectivity index (χ0) is 18.4. The molecule has 3 aliphatic heterocycles. The molecule has 5 N–H and O–H groups in total. The van der Waals surface area contributed by atoms with Crippen molar-refractivity contribution in [3.8, 4) is 0 Å². The predicted molar refractivity (Wildman–Crippen MR) is 104 cm³/mol. The van der Waals surface area contributed by atoms with Crippen molar-refractivity contribution in [1.29, 1.82) is 0 Å². The van der Waals surface area contributed by atoms with Gasteiger partial charge in [0.05, 0.1) is 18.4 Å². The quantitative estimate of drug-likeness (QED) is 0.476. The van der Waals surface area contributed by atoms with Gasteiger partial charge < -0.3 is 20.1 Å². The number of ether oxygens (including phenoxy) is 2. The molecule has 7 heteroatoms. The molecule has 3 saturated heterocycles. The first-order valence-electron chi connectivity index (χ1n) is 11.1. The van der Waals surface area contributed by atoms with Crippen LogP contribution in [-0.2, 0) is 9.47 Å². The Hall–Kier alpha value is -0.280. The van der Waals surface area contributed by atoms with Gasteiger partial charge in [-0.2, -0.15) is 0 Å². The van der Waals surface area contributed by atoms with Gasteiger partial charge in [0.15, 0.2) is 0 Å². The molecule has 10 atom stereocenters. The van der Waals surface area contributed by atoms with E-state index in [0.29, 0.717) is 37.1 Å². The van der Waals surface area contributed by atoms with E-state index in [0.717, 1.165) is 30.6 Å². The fourth-order valence-corrected chi connectivity index (χ4v) is 6.56. The van der Waals surface area contributed by atoms with Crippen molar-refractivity contribution < 1.29 is 9.47 Å². The summed E-state index contributed by atoms with van der Waals surface area (Å²) in [5, 5.41) is 18.1. The molecule has 2 aliphatic carbocycles. The minimum absolute atomic E-state index is 0.155. The average Bonchev–Trinajstić information content (AvgIpc) is 3.36. The lowest BCUT2D eigenvalue weighted by atomic mass is 9.73. The molecule has 5 fully saturated rings. The van der Waals surface area contributed by atoms with Crippen LogP contribution in [0.1, 0.15) is 39.0 Å². The van der Waals surface area contributed by atoms with Gasteiger partial charge in [0.2, 0.25) is 0 Å². The summed E-state index contributed by atoms with van der Waals surface area (Å²) in [4.78, 5) is 0. The second-order valence-electron chi connectivity index (χ2n) is 9.61. The van der Waals surface area contributed by atoms with Crippen LogP contribution in [0.4, 0.5) is 0 Å². The summed E-state index contributed by atoms with van der Waals surface area (Å²) in [5.74, 6) is 3.22. The molecular formula is C20H37N5O2. The van der Waals surface area contributed by atoms with E-state index in [4.69, 9.17) is 9.47 Å². The third kappa shape index (κ3) is 3.80. The highest BCUT2D eigenvalue weighted by atomic mass is 16.7. The van der Waals surface area contributed by atoms with E-state index in [1.165, 1.54) is 32.4 Å². The predicted octanol–water partition coefficient (Wildman–Crippen LogP) is 0.142. The Labute approximate surface area is 163 Å². The second kappa shape index (κ2) is 7.86. The summed E-state index contributed by atoms with van der Waals surface area (Å²) in [6.45, 7) is 5.19. The fourth-order valence-electron chi connectivity index (χ4n) is 6.56. The first-order chi connectivity index (χ1) is 13.2. The van der Waals surface area contributed by atoms with Gasteiger partial charge in [-0.1, -0.05) is 0 Å². The van der Waals surface area contributed by atoms with E-state index in [2.05, 4.69) is 33.5 Å². The summed E-state index contributed by atoms with van der Waals surface area (Å²) < 4.78 is 12.1. The lowest BCUT2D eigenvalue weighted by molar-refractivity contribution is -0.00197. The van der Waals surface area contributed by atoms with E-state index < -0.39 is 0 Å². The van der Waals surface area contributed by atoms with Crippen molar-refractivity contribution in [2.24, 2.45) is 23.7 Å². The molecule has 3 heterocycles. The van der Waals surface area contributed by atoms with Crippen molar-refractivity contribution >= 4 is 0 Å². The van der Waals surface area contributed by atoms with Crippen LogP contribution in [0.2, 0.25) is 0 Å². The van der Waals surface area contributed by atoms with E-state index in [9.17, 15) is 0 Å². The first kappa shape index (κ1) is 18.7. The number of nitrogens with one attached hydrogen (secondary N) is 5. The fraction of sp³-hybridized carbons (Fsp3) is 1.00. The molecule has 154 valence electrons. The van der Waals surface area contributed by atoms with E-state index >= 15 is 0 Å². The van der Waals surface area contributed by atoms with E-state index in [1.54, 1.807) is 0 Å². The van der Waals surface area contributed by atoms with Crippen LogP contribution in [-0.4, -0.2) is 63.7 Å². The molecule has 27 heavy (non-hydrogen) atoms. The SMILES string of the molecule is CNC1CC(C)NC(NC2CC3OCOC3C(C3C[C@H]4CNC[C@H]4C3)C2)N1. The highest BCUT2D eigenvalue weighted by molar-refractivity contribution is 5.01. The zero-order valence-electron chi connectivity index (χ0n) is 16.7. The Morgan fingerprint density at radius 1 is 0.889 bits per heavy atom. The van der Waals surface area contributed by atoms with Crippen LogP contribution in [0, 0.1) is 23.7 Å². The van der Waals surface area contributed by atoms with E-state index in [1.807, 2.05) is 7.05 Å². The number of fused-ring (bicyclic) bond motifs is 2. The van der Waals surface area contributed by atoms with Gasteiger partial charge in [-0.25, -0.2) is 0 Å². The smallest absolute Gasteiger partial charge is 0.147 e. The molecule has 0 amide bonds. The average molecular weight is 380 g/mol. The van der Waals surface area contributed by atoms with Crippen molar-refractivity contribution in [2.45, 2.75) is 75.8 Å². The Balaban J connectivity index is 1.24. The topological polar surface area (TPSA) is 78.6 Å². The standard InChI is InChI=1S/C20H37N5O2/c1-11-3-18(21-2)25-20(23-11)24-15-6-16(19-17(7-15)26-10-27-19)12-4-13-8-22-9-14(13)5-12/h11-25H,3-10H2,1-2H3/t11?,12?,13-,14+,15?,16?,17?,18?,19?,20?. The molecule has 0 bridgehead atoms. The van der Waals surface area contributed by atoms with Gasteiger partial charge in [0, 0.05) is 12.1 Å². The Kier molecular flexibility index (Phi) is 5.45. The number of hydrogen-bond acceptors (Lipinski definition) is 7. The van der Waals surface area contributed by atoms with Gasteiger partial charge in [0.25, 0.3) is 0 Å². The van der Waals surface area contributed by atoms with Gasteiger partial charge >= 0.3 is 0 Å².